The van der Waals surface area contributed by atoms with Gasteiger partial charge in [-0.1, -0.05) is 43.6 Å². The number of alkyl halides is 2. The van der Waals surface area contributed by atoms with E-state index in [0.29, 0.717) is 5.04 Å². The smallest absolute Gasteiger partial charge is 0.303 e. The van der Waals surface area contributed by atoms with E-state index in [2.05, 4.69) is 36.9 Å². The van der Waals surface area contributed by atoms with Crippen LogP contribution in [-0.4, -0.2) is 63.1 Å². The van der Waals surface area contributed by atoms with Crippen molar-refractivity contribution in [3.05, 3.63) is 0 Å². The SMILES string of the molecule is CC(=O)OC[C@H]1O[C@@H]2SC(C(Br)Br)=N[C@@H]2[C@@H](OC(C)=O)[C@@H]1OC(C)=O. The number of carbonyl (C=O) groups excluding carboxylic acids is 3. The molecule has 0 amide bonds. The number of rotatable bonds is 5. The number of aliphatic imine (C=N–C) groups is 1. The van der Waals surface area contributed by atoms with Crippen molar-refractivity contribution in [2.24, 2.45) is 4.99 Å². The molecule has 1 saturated heterocycles. The van der Waals surface area contributed by atoms with Crippen LogP contribution in [-0.2, 0) is 33.3 Å². The third-order valence-electron chi connectivity index (χ3n) is 3.37. The highest BCUT2D eigenvalue weighted by Gasteiger charge is 2.53. The lowest BCUT2D eigenvalue weighted by Crippen LogP contribution is -2.59. The standard InChI is InChI=1S/C14H17Br2NO7S/c1-5(18)21-4-8-10(22-6(2)19)11(23-7(3)20)9-14(24-8)25-13(17-9)12(15)16/h8-12,14H,4H2,1-3H3/t8-,9-,10-,11-,14-/m1/s1. The molecule has 0 saturated carbocycles. The largest absolute Gasteiger partial charge is 0.463 e. The molecular weight excluding hydrogens is 486 g/mol. The fraction of sp³-hybridized carbons (Fsp3) is 0.714. The van der Waals surface area contributed by atoms with Gasteiger partial charge < -0.3 is 18.9 Å². The van der Waals surface area contributed by atoms with Gasteiger partial charge in [-0.3, -0.25) is 19.4 Å². The maximum absolute atomic E-state index is 11.6. The summed E-state index contributed by atoms with van der Waals surface area (Å²) < 4.78 is 21.5. The Morgan fingerprint density at radius 3 is 2.24 bits per heavy atom. The van der Waals surface area contributed by atoms with Gasteiger partial charge in [0.2, 0.25) is 0 Å². The Morgan fingerprint density at radius 1 is 1.12 bits per heavy atom. The molecule has 140 valence electrons. The molecule has 2 aliphatic rings. The average Bonchev–Trinajstić information content (AvgIpc) is 2.91. The van der Waals surface area contributed by atoms with E-state index < -0.39 is 47.7 Å². The number of fused-ring (bicyclic) bond motifs is 1. The Bertz CT molecular complexity index is 586. The highest BCUT2D eigenvalue weighted by atomic mass is 79.9. The van der Waals surface area contributed by atoms with E-state index in [1.807, 2.05) is 0 Å². The van der Waals surface area contributed by atoms with Gasteiger partial charge in [0.25, 0.3) is 0 Å². The third-order valence-corrected chi connectivity index (χ3v) is 6.05. The molecule has 1 fully saturated rings. The number of hydrogen-bond donors (Lipinski definition) is 0. The topological polar surface area (TPSA) is 100 Å². The van der Waals surface area contributed by atoms with E-state index in [4.69, 9.17) is 18.9 Å². The maximum atomic E-state index is 11.6. The molecule has 0 radical (unpaired) electrons. The van der Waals surface area contributed by atoms with E-state index >= 15 is 0 Å². The van der Waals surface area contributed by atoms with Crippen molar-refractivity contribution in [3.63, 3.8) is 0 Å². The fourth-order valence-electron chi connectivity index (χ4n) is 2.52. The second-order valence-corrected chi connectivity index (χ2v) is 9.55. The molecule has 0 aromatic rings. The van der Waals surface area contributed by atoms with Crippen LogP contribution in [0.3, 0.4) is 0 Å². The van der Waals surface area contributed by atoms with Gasteiger partial charge in [-0.15, -0.1) is 0 Å². The van der Waals surface area contributed by atoms with Crippen molar-refractivity contribution in [2.45, 2.75) is 54.3 Å². The number of nitrogens with zero attached hydrogens (tertiary/aromatic N) is 1. The molecular formula is C14H17Br2NO7S. The van der Waals surface area contributed by atoms with Crippen molar-refractivity contribution in [1.82, 2.24) is 0 Å². The van der Waals surface area contributed by atoms with Crippen molar-refractivity contribution < 1.29 is 33.3 Å². The van der Waals surface area contributed by atoms with Gasteiger partial charge in [0.15, 0.2) is 12.2 Å². The molecule has 0 aromatic carbocycles. The lowest BCUT2D eigenvalue weighted by molar-refractivity contribution is -0.208. The molecule has 0 spiro atoms. The van der Waals surface area contributed by atoms with E-state index in [-0.39, 0.29) is 10.3 Å². The van der Waals surface area contributed by atoms with Gasteiger partial charge in [0.05, 0.1) is 5.04 Å². The molecule has 0 bridgehead atoms. The van der Waals surface area contributed by atoms with Crippen LogP contribution in [0.15, 0.2) is 4.99 Å². The van der Waals surface area contributed by atoms with Crippen molar-refractivity contribution in [3.8, 4) is 0 Å². The number of esters is 3. The van der Waals surface area contributed by atoms with Crippen LogP contribution in [0.2, 0.25) is 0 Å². The molecule has 8 nitrogen and oxygen atoms in total. The average molecular weight is 503 g/mol. The second-order valence-electron chi connectivity index (χ2n) is 5.37. The summed E-state index contributed by atoms with van der Waals surface area (Å²) in [7, 11) is 0. The minimum atomic E-state index is -0.935. The second kappa shape index (κ2) is 8.83. The predicted octanol–water partition coefficient (Wildman–Crippen LogP) is 1.77. The van der Waals surface area contributed by atoms with Gasteiger partial charge >= 0.3 is 17.9 Å². The summed E-state index contributed by atoms with van der Waals surface area (Å²) in [5, 5.41) is 0.710. The zero-order valence-electron chi connectivity index (χ0n) is 13.6. The van der Waals surface area contributed by atoms with Gasteiger partial charge in [-0.05, 0) is 0 Å². The molecule has 2 heterocycles. The monoisotopic (exact) mass is 501 g/mol. The van der Waals surface area contributed by atoms with Crippen LogP contribution < -0.4 is 0 Å². The van der Waals surface area contributed by atoms with Crippen LogP contribution in [0.4, 0.5) is 0 Å². The first-order valence-electron chi connectivity index (χ1n) is 7.34. The number of halogens is 2. The summed E-state index contributed by atoms with van der Waals surface area (Å²) in [4.78, 5) is 38.7. The number of hydrogen-bond acceptors (Lipinski definition) is 9. The Morgan fingerprint density at radius 2 is 1.72 bits per heavy atom. The Kier molecular flexibility index (Phi) is 7.29. The summed E-state index contributed by atoms with van der Waals surface area (Å²) in [6, 6.07) is -0.542. The molecule has 0 N–H and O–H groups in total. The fourth-order valence-corrected chi connectivity index (χ4v) is 4.48. The van der Waals surface area contributed by atoms with Crippen LogP contribution in [0.25, 0.3) is 0 Å². The van der Waals surface area contributed by atoms with Crippen molar-refractivity contribution >= 4 is 66.6 Å². The first-order valence-corrected chi connectivity index (χ1v) is 10.1. The molecule has 0 aliphatic carbocycles. The summed E-state index contributed by atoms with van der Waals surface area (Å²) in [6.45, 7) is 3.64. The summed E-state index contributed by atoms with van der Waals surface area (Å²) in [5.74, 6) is -1.59. The highest BCUT2D eigenvalue weighted by molar-refractivity contribution is 9.25. The van der Waals surface area contributed by atoms with Crippen LogP contribution in [0, 0.1) is 0 Å². The first-order chi connectivity index (χ1) is 11.7. The number of ether oxygens (including phenoxy) is 4. The lowest BCUT2D eigenvalue weighted by atomic mass is 9.98. The van der Waals surface area contributed by atoms with E-state index in [9.17, 15) is 14.4 Å². The predicted molar refractivity (Wildman–Crippen MR) is 96.9 cm³/mol. The Balaban J connectivity index is 2.30. The third kappa shape index (κ3) is 5.41. The van der Waals surface area contributed by atoms with Gasteiger partial charge in [0, 0.05) is 20.8 Å². The molecule has 0 aromatic heterocycles. The zero-order chi connectivity index (χ0) is 18.7. The first kappa shape index (κ1) is 20.7. The van der Waals surface area contributed by atoms with Crippen molar-refractivity contribution in [2.75, 3.05) is 6.61 Å². The van der Waals surface area contributed by atoms with Crippen LogP contribution >= 0.6 is 43.6 Å². The molecule has 2 aliphatic heterocycles. The lowest BCUT2D eigenvalue weighted by Gasteiger charge is -2.41. The highest BCUT2D eigenvalue weighted by Crippen LogP contribution is 2.41. The number of thioether (sulfide) groups is 1. The van der Waals surface area contributed by atoms with Gasteiger partial charge in [0.1, 0.15) is 27.9 Å². The Hall–Kier alpha value is -0.650. The van der Waals surface area contributed by atoms with Gasteiger partial charge in [-0.2, -0.15) is 0 Å². The molecule has 0 unspecified atom stereocenters. The maximum Gasteiger partial charge on any atom is 0.303 e. The Labute approximate surface area is 165 Å². The summed E-state index contributed by atoms with van der Waals surface area (Å²) in [5.41, 5.74) is -0.454. The minimum Gasteiger partial charge on any atom is -0.463 e. The summed E-state index contributed by atoms with van der Waals surface area (Å²) >= 11 is 8.10. The zero-order valence-corrected chi connectivity index (χ0v) is 17.6. The molecule has 11 heteroatoms. The van der Waals surface area contributed by atoms with Gasteiger partial charge in [-0.25, -0.2) is 0 Å². The van der Waals surface area contributed by atoms with E-state index in [1.165, 1.54) is 32.5 Å². The molecule has 2 rings (SSSR count). The van der Waals surface area contributed by atoms with E-state index in [1.54, 1.807) is 0 Å². The molecule has 25 heavy (non-hydrogen) atoms. The summed E-state index contributed by atoms with van der Waals surface area (Å²) in [6.07, 6.45) is -2.55. The normalized spacial score (nSPS) is 31.1. The van der Waals surface area contributed by atoms with Crippen LogP contribution in [0.1, 0.15) is 20.8 Å². The molecule has 5 atom stereocenters. The quantitative estimate of drug-likeness (QED) is 0.318. The van der Waals surface area contributed by atoms with Crippen LogP contribution in [0.5, 0.6) is 0 Å². The number of carbonyl (C=O) groups is 3. The van der Waals surface area contributed by atoms with Crippen molar-refractivity contribution in [1.29, 1.82) is 0 Å². The van der Waals surface area contributed by atoms with E-state index in [0.717, 1.165) is 0 Å². The minimum absolute atomic E-state index is 0.129.